The summed E-state index contributed by atoms with van der Waals surface area (Å²) in [5.41, 5.74) is 4.16. The largest absolute Gasteiger partial charge is 0.494 e. The molecule has 0 radical (unpaired) electrons. The summed E-state index contributed by atoms with van der Waals surface area (Å²) >= 11 is 6.03. The van der Waals surface area contributed by atoms with E-state index in [2.05, 4.69) is 17.5 Å². The number of nitrogens with zero attached hydrogens (tertiary/aromatic N) is 1. The van der Waals surface area contributed by atoms with E-state index in [1.807, 2.05) is 62.4 Å². The van der Waals surface area contributed by atoms with E-state index >= 15 is 0 Å². The van der Waals surface area contributed by atoms with Crippen molar-refractivity contribution in [2.45, 2.75) is 32.1 Å². The molecule has 0 saturated carbocycles. The summed E-state index contributed by atoms with van der Waals surface area (Å²) < 4.78 is 5.84. The number of ketones is 1. The molecule has 1 heterocycles. The van der Waals surface area contributed by atoms with Gasteiger partial charge in [0.15, 0.2) is 0 Å². The summed E-state index contributed by atoms with van der Waals surface area (Å²) in [6.07, 6.45) is 2.52. The fourth-order valence-electron chi connectivity index (χ4n) is 4.50. The average molecular weight is 419 g/mol. The molecule has 5 heteroatoms. The van der Waals surface area contributed by atoms with Gasteiger partial charge in [0.25, 0.3) is 0 Å². The molecule has 2 aliphatic rings. The predicted octanol–water partition coefficient (Wildman–Crippen LogP) is 5.48. The summed E-state index contributed by atoms with van der Waals surface area (Å²) in [7, 11) is 0. The zero-order valence-corrected chi connectivity index (χ0v) is 17.7. The molecule has 152 valence electrons. The maximum atomic E-state index is 13.4. The standard InChI is InChI=1S/C25H23ClN2O2/c1-3-30-23-7-5-4-6-19(23)24-20(14-27)15(2)28-21-12-17(13-22(29)25(21)24)16-8-10-18(26)11-9-16/h4-12,17,24-25,28H,3,13H2,1-2H3. The summed E-state index contributed by atoms with van der Waals surface area (Å²) in [6, 6.07) is 17.7. The van der Waals surface area contributed by atoms with Gasteiger partial charge in [0.05, 0.1) is 24.2 Å². The minimum atomic E-state index is -0.423. The van der Waals surface area contributed by atoms with E-state index in [-0.39, 0.29) is 17.6 Å². The molecule has 0 saturated heterocycles. The fourth-order valence-corrected chi connectivity index (χ4v) is 4.63. The summed E-state index contributed by atoms with van der Waals surface area (Å²) in [5, 5.41) is 13.9. The van der Waals surface area contributed by atoms with Gasteiger partial charge >= 0.3 is 0 Å². The van der Waals surface area contributed by atoms with E-state index in [9.17, 15) is 10.1 Å². The number of carbonyl (C=O) groups is 1. The molecular weight excluding hydrogens is 396 g/mol. The molecule has 0 fully saturated rings. The fraction of sp³-hybridized carbons (Fsp3) is 0.280. The lowest BCUT2D eigenvalue weighted by Crippen LogP contribution is -2.40. The number of fused-ring (bicyclic) bond motifs is 1. The Kier molecular flexibility index (Phi) is 5.65. The van der Waals surface area contributed by atoms with Gasteiger partial charge in [-0.05, 0) is 37.6 Å². The van der Waals surface area contributed by atoms with Gasteiger partial charge in [-0.25, -0.2) is 0 Å². The number of Topliss-reactive ketones (excluding diaryl/α,β-unsaturated/α-hetero) is 1. The zero-order valence-electron chi connectivity index (χ0n) is 17.0. The molecule has 0 amide bonds. The molecule has 4 rings (SSSR count). The van der Waals surface area contributed by atoms with E-state index in [1.165, 1.54) is 0 Å². The Balaban J connectivity index is 1.82. The lowest BCUT2D eigenvalue weighted by Gasteiger charge is -2.39. The monoisotopic (exact) mass is 418 g/mol. The smallest absolute Gasteiger partial charge is 0.143 e. The highest BCUT2D eigenvalue weighted by atomic mass is 35.5. The van der Waals surface area contributed by atoms with Crippen LogP contribution in [0.3, 0.4) is 0 Å². The van der Waals surface area contributed by atoms with Crippen LogP contribution >= 0.6 is 11.6 Å². The molecular formula is C25H23ClN2O2. The maximum Gasteiger partial charge on any atom is 0.143 e. The Hall–Kier alpha value is -3.03. The van der Waals surface area contributed by atoms with E-state index in [0.29, 0.717) is 23.6 Å². The lowest BCUT2D eigenvalue weighted by atomic mass is 9.69. The van der Waals surface area contributed by atoms with Crippen molar-refractivity contribution in [2.75, 3.05) is 6.61 Å². The number of allylic oxidation sites excluding steroid dienone is 4. The van der Waals surface area contributed by atoms with Crippen LogP contribution in [0.1, 0.15) is 43.2 Å². The van der Waals surface area contributed by atoms with Crippen LogP contribution in [-0.2, 0) is 4.79 Å². The van der Waals surface area contributed by atoms with Crippen LogP contribution in [0, 0.1) is 17.2 Å². The third-order valence-corrected chi connectivity index (χ3v) is 6.09. The van der Waals surface area contributed by atoms with Crippen LogP contribution in [0.25, 0.3) is 0 Å². The Labute approximate surface area is 181 Å². The number of ether oxygens (including phenoxy) is 1. The van der Waals surface area contributed by atoms with Crippen LogP contribution in [0.15, 0.2) is 71.6 Å². The molecule has 30 heavy (non-hydrogen) atoms. The van der Waals surface area contributed by atoms with E-state index in [4.69, 9.17) is 16.3 Å². The van der Waals surface area contributed by atoms with Crippen molar-refractivity contribution in [3.05, 3.63) is 87.7 Å². The molecule has 1 aliphatic carbocycles. The highest BCUT2D eigenvalue weighted by Crippen LogP contribution is 2.47. The van der Waals surface area contributed by atoms with Crippen molar-refractivity contribution in [3.63, 3.8) is 0 Å². The third kappa shape index (κ3) is 3.62. The third-order valence-electron chi connectivity index (χ3n) is 5.84. The molecule has 1 aliphatic heterocycles. The first-order chi connectivity index (χ1) is 14.5. The number of carbonyl (C=O) groups excluding carboxylic acids is 1. The average Bonchev–Trinajstić information content (AvgIpc) is 2.74. The highest BCUT2D eigenvalue weighted by Gasteiger charge is 2.43. The molecule has 4 nitrogen and oxygen atoms in total. The molecule has 0 bridgehead atoms. The number of rotatable bonds is 4. The first-order valence-electron chi connectivity index (χ1n) is 10.1. The minimum Gasteiger partial charge on any atom is -0.494 e. The maximum absolute atomic E-state index is 13.4. The number of benzene rings is 2. The van der Waals surface area contributed by atoms with Crippen LogP contribution in [0.4, 0.5) is 0 Å². The summed E-state index contributed by atoms with van der Waals surface area (Å²) in [4.78, 5) is 13.4. The van der Waals surface area contributed by atoms with Crippen molar-refractivity contribution in [2.24, 2.45) is 5.92 Å². The van der Waals surface area contributed by atoms with Crippen molar-refractivity contribution in [1.29, 1.82) is 5.26 Å². The van der Waals surface area contributed by atoms with Gasteiger partial charge in [-0.1, -0.05) is 48.0 Å². The van der Waals surface area contributed by atoms with Gasteiger partial charge in [-0.2, -0.15) is 5.26 Å². The molecule has 1 N–H and O–H groups in total. The van der Waals surface area contributed by atoms with Crippen molar-refractivity contribution in [3.8, 4) is 11.8 Å². The van der Waals surface area contributed by atoms with Crippen molar-refractivity contribution >= 4 is 17.4 Å². The predicted molar refractivity (Wildman–Crippen MR) is 117 cm³/mol. The minimum absolute atomic E-state index is 0.0206. The van der Waals surface area contributed by atoms with Gasteiger partial charge in [0, 0.05) is 40.2 Å². The second kappa shape index (κ2) is 8.38. The number of hydrogen-bond donors (Lipinski definition) is 1. The van der Waals surface area contributed by atoms with Crippen LogP contribution in [0.5, 0.6) is 5.75 Å². The summed E-state index contributed by atoms with van der Waals surface area (Å²) in [5.74, 6) is 0.0427. The molecule has 0 spiro atoms. The topological polar surface area (TPSA) is 62.1 Å². The first kappa shape index (κ1) is 20.3. The van der Waals surface area contributed by atoms with Gasteiger partial charge in [-0.15, -0.1) is 0 Å². The number of hydrogen-bond acceptors (Lipinski definition) is 4. The van der Waals surface area contributed by atoms with E-state index in [1.54, 1.807) is 0 Å². The van der Waals surface area contributed by atoms with E-state index < -0.39 is 5.92 Å². The Morgan fingerprint density at radius 1 is 1.17 bits per heavy atom. The molecule has 3 atom stereocenters. The second-order valence-corrected chi connectivity index (χ2v) is 8.09. The summed E-state index contributed by atoms with van der Waals surface area (Å²) in [6.45, 7) is 4.34. The van der Waals surface area contributed by atoms with Gasteiger partial charge in [0.1, 0.15) is 11.5 Å². The molecule has 2 aromatic carbocycles. The van der Waals surface area contributed by atoms with Crippen LogP contribution in [-0.4, -0.2) is 12.4 Å². The van der Waals surface area contributed by atoms with Crippen molar-refractivity contribution < 1.29 is 9.53 Å². The lowest BCUT2D eigenvalue weighted by molar-refractivity contribution is -0.123. The van der Waals surface area contributed by atoms with Crippen LogP contribution in [0.2, 0.25) is 5.02 Å². The molecule has 2 aromatic rings. The Morgan fingerprint density at radius 3 is 2.60 bits per heavy atom. The first-order valence-corrected chi connectivity index (χ1v) is 10.5. The number of para-hydroxylation sites is 1. The highest BCUT2D eigenvalue weighted by molar-refractivity contribution is 6.30. The van der Waals surface area contributed by atoms with Crippen molar-refractivity contribution in [1.82, 2.24) is 5.32 Å². The number of nitrogens with one attached hydrogen (secondary N) is 1. The zero-order chi connectivity index (χ0) is 21.3. The van der Waals surface area contributed by atoms with Crippen LogP contribution < -0.4 is 10.1 Å². The number of halogens is 1. The quantitative estimate of drug-likeness (QED) is 0.714. The van der Waals surface area contributed by atoms with E-state index in [0.717, 1.165) is 28.3 Å². The Bertz CT molecular complexity index is 1080. The van der Waals surface area contributed by atoms with Gasteiger partial charge in [-0.3, -0.25) is 4.79 Å². The molecule has 3 unspecified atom stereocenters. The van der Waals surface area contributed by atoms with Gasteiger partial charge < -0.3 is 10.1 Å². The SMILES string of the molecule is CCOc1ccccc1C1C(C#N)=C(C)NC2=CC(c3ccc(Cl)cc3)CC(=O)C21. The Morgan fingerprint density at radius 2 is 1.90 bits per heavy atom. The number of nitriles is 1. The second-order valence-electron chi connectivity index (χ2n) is 7.65. The normalized spacial score (nSPS) is 23.2. The molecule has 0 aromatic heterocycles. The van der Waals surface area contributed by atoms with Gasteiger partial charge in [0.2, 0.25) is 0 Å².